The average Bonchev–Trinajstić information content (AvgIpc) is 2.43. The number of methoxy groups -OCH3 is 1. The second kappa shape index (κ2) is 6.48. The van der Waals surface area contributed by atoms with E-state index in [1.54, 1.807) is 30.3 Å². The SMILES string of the molecule is COC(=O)C(NC(=O)C(C)N=O)c1ccccc1. The zero-order chi connectivity index (χ0) is 13.5. The molecule has 0 aromatic heterocycles. The molecular formula is C12H14N2O4. The molecule has 0 aliphatic heterocycles. The maximum Gasteiger partial charge on any atom is 0.333 e. The zero-order valence-electron chi connectivity index (χ0n) is 10.1. The van der Waals surface area contributed by atoms with Crippen molar-refractivity contribution in [3.05, 3.63) is 40.8 Å². The molecule has 0 spiro atoms. The van der Waals surface area contributed by atoms with Crippen LogP contribution in [0.25, 0.3) is 0 Å². The molecule has 0 radical (unpaired) electrons. The van der Waals surface area contributed by atoms with Crippen LogP contribution in [0.1, 0.15) is 18.5 Å². The van der Waals surface area contributed by atoms with Crippen molar-refractivity contribution in [3.63, 3.8) is 0 Å². The normalized spacial score (nSPS) is 13.2. The number of benzene rings is 1. The van der Waals surface area contributed by atoms with E-state index in [1.807, 2.05) is 0 Å². The molecule has 96 valence electrons. The highest BCUT2D eigenvalue weighted by Crippen LogP contribution is 2.14. The van der Waals surface area contributed by atoms with Gasteiger partial charge in [0.05, 0.1) is 7.11 Å². The summed E-state index contributed by atoms with van der Waals surface area (Å²) in [6.45, 7) is 1.35. The van der Waals surface area contributed by atoms with Crippen LogP contribution >= 0.6 is 0 Å². The first-order valence-electron chi connectivity index (χ1n) is 5.35. The van der Waals surface area contributed by atoms with Gasteiger partial charge in [-0.25, -0.2) is 4.79 Å². The molecule has 18 heavy (non-hydrogen) atoms. The number of esters is 1. The number of hydrogen-bond acceptors (Lipinski definition) is 5. The number of rotatable bonds is 5. The standard InChI is InChI=1S/C12H14N2O4/c1-8(14-17)11(15)13-10(12(16)18-2)9-6-4-3-5-7-9/h3-8,10H,1-2H3,(H,13,15). The van der Waals surface area contributed by atoms with Crippen molar-refractivity contribution in [2.24, 2.45) is 5.18 Å². The summed E-state index contributed by atoms with van der Waals surface area (Å²) >= 11 is 0. The molecule has 0 heterocycles. The number of nitrogens with zero attached hydrogens (tertiary/aromatic N) is 1. The highest BCUT2D eigenvalue weighted by molar-refractivity contribution is 5.88. The van der Waals surface area contributed by atoms with E-state index in [0.29, 0.717) is 5.56 Å². The first-order valence-corrected chi connectivity index (χ1v) is 5.35. The summed E-state index contributed by atoms with van der Waals surface area (Å²) in [6.07, 6.45) is 0. The average molecular weight is 250 g/mol. The van der Waals surface area contributed by atoms with Crippen LogP contribution in [0.2, 0.25) is 0 Å². The lowest BCUT2D eigenvalue weighted by molar-refractivity contribution is -0.145. The molecule has 0 aliphatic rings. The number of ether oxygens (including phenoxy) is 1. The predicted molar refractivity (Wildman–Crippen MR) is 64.6 cm³/mol. The van der Waals surface area contributed by atoms with Crippen LogP contribution in [0.3, 0.4) is 0 Å². The molecule has 0 saturated carbocycles. The van der Waals surface area contributed by atoms with E-state index >= 15 is 0 Å². The maximum atomic E-state index is 11.6. The number of hydrogen-bond donors (Lipinski definition) is 1. The molecule has 2 atom stereocenters. The van der Waals surface area contributed by atoms with E-state index in [9.17, 15) is 14.5 Å². The van der Waals surface area contributed by atoms with Crippen molar-refractivity contribution in [2.75, 3.05) is 7.11 Å². The van der Waals surface area contributed by atoms with E-state index in [0.717, 1.165) is 0 Å². The summed E-state index contributed by atoms with van der Waals surface area (Å²) in [5.74, 6) is -1.23. The van der Waals surface area contributed by atoms with Gasteiger partial charge in [0.15, 0.2) is 12.1 Å². The van der Waals surface area contributed by atoms with Crippen LogP contribution in [0.5, 0.6) is 0 Å². The monoisotopic (exact) mass is 250 g/mol. The van der Waals surface area contributed by atoms with Gasteiger partial charge in [-0.3, -0.25) is 4.79 Å². The van der Waals surface area contributed by atoms with Crippen LogP contribution in [-0.4, -0.2) is 25.0 Å². The third-order valence-electron chi connectivity index (χ3n) is 2.39. The summed E-state index contributed by atoms with van der Waals surface area (Å²) in [4.78, 5) is 33.5. The quantitative estimate of drug-likeness (QED) is 0.628. The predicted octanol–water partition coefficient (Wildman–Crippen LogP) is 1.17. The molecular weight excluding hydrogens is 236 g/mol. The van der Waals surface area contributed by atoms with Crippen molar-refractivity contribution in [2.45, 2.75) is 19.0 Å². The lowest BCUT2D eigenvalue weighted by Crippen LogP contribution is -2.38. The van der Waals surface area contributed by atoms with Crippen molar-refractivity contribution in [3.8, 4) is 0 Å². The molecule has 1 N–H and O–H groups in total. The van der Waals surface area contributed by atoms with Gasteiger partial charge in [-0.1, -0.05) is 35.5 Å². The Morgan fingerprint density at radius 2 is 1.89 bits per heavy atom. The van der Waals surface area contributed by atoms with Gasteiger partial charge in [0.25, 0.3) is 0 Å². The third-order valence-corrected chi connectivity index (χ3v) is 2.39. The first-order chi connectivity index (χ1) is 8.60. The highest BCUT2D eigenvalue weighted by atomic mass is 16.5. The van der Waals surface area contributed by atoms with Crippen LogP contribution in [0.4, 0.5) is 0 Å². The Bertz CT molecular complexity index is 433. The number of carbonyl (C=O) groups excluding carboxylic acids is 2. The van der Waals surface area contributed by atoms with Crippen molar-refractivity contribution in [1.82, 2.24) is 5.32 Å². The van der Waals surface area contributed by atoms with E-state index in [-0.39, 0.29) is 0 Å². The minimum Gasteiger partial charge on any atom is -0.467 e. The number of nitroso groups, excluding NO2 is 1. The molecule has 0 fully saturated rings. The van der Waals surface area contributed by atoms with Gasteiger partial charge in [-0.15, -0.1) is 4.91 Å². The van der Waals surface area contributed by atoms with Crippen molar-refractivity contribution >= 4 is 11.9 Å². The Hall–Kier alpha value is -2.24. The van der Waals surface area contributed by atoms with Crippen LogP contribution in [0, 0.1) is 4.91 Å². The molecule has 6 nitrogen and oxygen atoms in total. The van der Waals surface area contributed by atoms with Gasteiger partial charge >= 0.3 is 5.97 Å². The smallest absolute Gasteiger partial charge is 0.333 e. The number of amides is 1. The van der Waals surface area contributed by atoms with E-state index in [1.165, 1.54) is 14.0 Å². The number of nitrogens with one attached hydrogen (secondary N) is 1. The minimum absolute atomic E-state index is 0.579. The molecule has 0 aliphatic carbocycles. The summed E-state index contributed by atoms with van der Waals surface area (Å²) in [7, 11) is 1.23. The van der Waals surface area contributed by atoms with E-state index in [4.69, 9.17) is 0 Å². The van der Waals surface area contributed by atoms with Gasteiger partial charge in [0, 0.05) is 0 Å². The molecule has 0 bridgehead atoms. The van der Waals surface area contributed by atoms with Gasteiger partial charge in [0.1, 0.15) is 0 Å². The summed E-state index contributed by atoms with van der Waals surface area (Å²) in [6, 6.07) is 6.63. The van der Waals surface area contributed by atoms with Crippen LogP contribution in [0.15, 0.2) is 35.5 Å². The van der Waals surface area contributed by atoms with Crippen LogP contribution < -0.4 is 5.32 Å². The molecule has 1 rings (SSSR count). The summed E-state index contributed by atoms with van der Waals surface area (Å²) in [5, 5.41) is 5.03. The molecule has 1 aromatic rings. The van der Waals surface area contributed by atoms with Crippen molar-refractivity contribution in [1.29, 1.82) is 0 Å². The lowest BCUT2D eigenvalue weighted by Gasteiger charge is -2.17. The first kappa shape index (κ1) is 13.8. The van der Waals surface area contributed by atoms with Gasteiger partial charge in [-0.05, 0) is 12.5 Å². The van der Waals surface area contributed by atoms with Gasteiger partial charge in [0.2, 0.25) is 5.91 Å². The molecule has 1 amide bonds. The van der Waals surface area contributed by atoms with Crippen molar-refractivity contribution < 1.29 is 14.3 Å². The Kier molecular flexibility index (Phi) is 4.98. The minimum atomic E-state index is -1.05. The Morgan fingerprint density at radius 1 is 1.28 bits per heavy atom. The summed E-state index contributed by atoms with van der Waals surface area (Å²) in [5.41, 5.74) is 0.579. The van der Waals surface area contributed by atoms with Gasteiger partial charge in [-0.2, -0.15) is 0 Å². The van der Waals surface area contributed by atoms with Crippen LogP contribution in [-0.2, 0) is 14.3 Å². The Balaban J connectivity index is 2.90. The molecule has 6 heteroatoms. The van der Waals surface area contributed by atoms with E-state index < -0.39 is 24.0 Å². The fourth-order valence-electron chi connectivity index (χ4n) is 1.35. The largest absolute Gasteiger partial charge is 0.467 e. The topological polar surface area (TPSA) is 84.8 Å². The molecule has 2 unspecified atom stereocenters. The summed E-state index contributed by atoms with van der Waals surface area (Å²) < 4.78 is 4.62. The highest BCUT2D eigenvalue weighted by Gasteiger charge is 2.25. The fourth-order valence-corrected chi connectivity index (χ4v) is 1.35. The fraction of sp³-hybridized carbons (Fsp3) is 0.333. The Morgan fingerprint density at radius 3 is 2.39 bits per heavy atom. The Labute approximate surface area is 104 Å². The van der Waals surface area contributed by atoms with Gasteiger partial charge < -0.3 is 10.1 Å². The lowest BCUT2D eigenvalue weighted by atomic mass is 10.1. The maximum absolute atomic E-state index is 11.6. The second-order valence-electron chi connectivity index (χ2n) is 3.66. The van der Waals surface area contributed by atoms with E-state index in [2.05, 4.69) is 15.2 Å². The second-order valence-corrected chi connectivity index (χ2v) is 3.66. The molecule has 0 saturated heterocycles. The number of carbonyl (C=O) groups is 2. The zero-order valence-corrected chi connectivity index (χ0v) is 10.1. The third kappa shape index (κ3) is 3.38. The molecule has 1 aromatic carbocycles.